The first-order chi connectivity index (χ1) is 30.4. The summed E-state index contributed by atoms with van der Waals surface area (Å²) in [5, 5.41) is 16.8. The predicted molar refractivity (Wildman–Crippen MR) is 232 cm³/mol. The summed E-state index contributed by atoms with van der Waals surface area (Å²) in [5.74, 6) is -6.76. The molecule has 13 nitrogen and oxygen atoms in total. The Morgan fingerprint density at radius 1 is 0.969 bits per heavy atom. The van der Waals surface area contributed by atoms with Crippen LogP contribution in [0.4, 0.5) is 10.1 Å². The minimum absolute atomic E-state index is 0.0593. The van der Waals surface area contributed by atoms with Gasteiger partial charge in [-0.1, -0.05) is 55.3 Å². The Morgan fingerprint density at radius 2 is 1.70 bits per heavy atom. The quantitative estimate of drug-likeness (QED) is 0.181. The summed E-state index contributed by atoms with van der Waals surface area (Å²) in [5.41, 5.74) is 2.67. The molecule has 1 saturated heterocycles. The Labute approximate surface area is 371 Å². The van der Waals surface area contributed by atoms with Crippen LogP contribution >= 0.6 is 0 Å². The molecule has 11 atom stereocenters. The van der Waals surface area contributed by atoms with Gasteiger partial charge in [0, 0.05) is 46.8 Å². The van der Waals surface area contributed by atoms with Crippen molar-refractivity contribution >= 4 is 45.9 Å². The first-order valence-electron chi connectivity index (χ1n) is 22.4. The number of anilines is 1. The van der Waals surface area contributed by atoms with Gasteiger partial charge in [0.2, 0.25) is 11.7 Å². The summed E-state index contributed by atoms with van der Waals surface area (Å²) < 4.78 is 42.3. The summed E-state index contributed by atoms with van der Waals surface area (Å²) >= 11 is 0. The van der Waals surface area contributed by atoms with Crippen LogP contribution in [0.1, 0.15) is 89.7 Å². The molecule has 4 N–H and O–H groups in total. The monoisotopic (exact) mass is 877 g/mol. The number of allylic oxidation sites excluding steroid dienone is 4. The molecule has 0 radical (unpaired) electrons. The van der Waals surface area contributed by atoms with Crippen molar-refractivity contribution < 1.29 is 52.4 Å². The van der Waals surface area contributed by atoms with Gasteiger partial charge in [-0.2, -0.15) is 0 Å². The standard InChI is InChI=1S/C50H56FN3O10/c1-46(2)63-42-22-39-38-15-13-32-21-34(55)16-18-47(32,3)49(38,51)40(56)23-48(39,4)50(42,64-46)41(57)27-62-45(60)36-7-5-6-35(36)44(59)61-26-28-8-10-29(11-9-28)37(24-52)43(58)54-33-14-12-31-25-53-19-17-30(31)20-33/h8-12,14,16-21,25,35-40,42,56H,5-7,13,15,22-24,26-27,52H2,1-4H3,(H,54,58)/t35?,36?,37-,38+,39+,40+,42-,47+,48+,49+,50-/m1/s1. The molecule has 6 aliphatic rings. The number of rotatable bonds is 11. The maximum Gasteiger partial charge on any atom is 0.310 e. The Bertz CT molecular complexity index is 2470. The van der Waals surface area contributed by atoms with Crippen LogP contribution < -0.4 is 11.1 Å². The van der Waals surface area contributed by atoms with E-state index in [2.05, 4.69) is 10.3 Å². The third-order valence-corrected chi connectivity index (χ3v) is 15.7. The Balaban J connectivity index is 0.832. The van der Waals surface area contributed by atoms with E-state index in [1.54, 1.807) is 63.5 Å². The van der Waals surface area contributed by atoms with E-state index in [0.717, 1.165) is 10.8 Å². The second-order valence-corrected chi connectivity index (χ2v) is 19.6. The maximum atomic E-state index is 17.8. The van der Waals surface area contributed by atoms with Gasteiger partial charge >= 0.3 is 11.9 Å². The highest BCUT2D eigenvalue weighted by atomic mass is 19.1. The Hall–Kier alpha value is -5.15. The number of carbonyl (C=O) groups is 5. The van der Waals surface area contributed by atoms with Gasteiger partial charge in [0.25, 0.3) is 0 Å². The van der Waals surface area contributed by atoms with E-state index in [-0.39, 0.29) is 31.3 Å². The topological polar surface area (TPSA) is 193 Å². The molecule has 0 spiro atoms. The van der Waals surface area contributed by atoms with Crippen molar-refractivity contribution in [3.8, 4) is 0 Å². The fourth-order valence-electron chi connectivity index (χ4n) is 12.6. The maximum absolute atomic E-state index is 17.8. The smallest absolute Gasteiger partial charge is 0.310 e. The lowest BCUT2D eigenvalue weighted by Gasteiger charge is -2.62. The van der Waals surface area contributed by atoms with Crippen molar-refractivity contribution in [2.45, 2.75) is 114 Å². The van der Waals surface area contributed by atoms with E-state index in [9.17, 15) is 29.1 Å². The van der Waals surface area contributed by atoms with E-state index in [1.165, 1.54) is 12.2 Å². The van der Waals surface area contributed by atoms with Crippen molar-refractivity contribution in [3.63, 3.8) is 0 Å². The number of nitrogens with two attached hydrogens (primary N) is 1. The first-order valence-corrected chi connectivity index (χ1v) is 22.4. The number of nitrogens with one attached hydrogen (secondary N) is 1. The van der Waals surface area contributed by atoms with Gasteiger partial charge in [-0.3, -0.25) is 29.0 Å². The third kappa shape index (κ3) is 6.94. The number of halogens is 1. The highest BCUT2D eigenvalue weighted by Crippen LogP contribution is 2.72. The van der Waals surface area contributed by atoms with Crippen molar-refractivity contribution in [1.29, 1.82) is 0 Å². The number of nitrogens with zero attached hydrogens (tertiary/aromatic N) is 1. The number of aliphatic hydroxyl groups excluding tert-OH is 1. The summed E-state index contributed by atoms with van der Waals surface area (Å²) in [6.07, 6.45) is 8.00. The van der Waals surface area contributed by atoms with E-state index in [0.29, 0.717) is 60.9 Å². The van der Waals surface area contributed by atoms with Crippen molar-refractivity contribution in [3.05, 3.63) is 95.9 Å². The second kappa shape index (κ2) is 16.1. The molecule has 5 fully saturated rings. The van der Waals surface area contributed by atoms with E-state index in [4.69, 9.17) is 24.7 Å². The SMILES string of the molecule is CC1(C)O[C@@H]2C[C@H]3[C@@H]4CCC5=CC(=O)C=C[C@]5(C)[C@@]4(F)[C@@H](O)C[C@]3(C)[C@]2(C(=O)COC(=O)C2CCCC2C(=O)OCc2ccc([C@@H](CN)C(=O)Nc3ccc4cnccc4c3)cc2)O1. The molecule has 3 aromatic rings. The van der Waals surface area contributed by atoms with Gasteiger partial charge < -0.3 is 35.1 Å². The lowest BCUT2D eigenvalue weighted by molar-refractivity contribution is -0.246. The average molecular weight is 878 g/mol. The van der Waals surface area contributed by atoms with Crippen molar-refractivity contribution in [1.82, 2.24) is 4.98 Å². The highest BCUT2D eigenvalue weighted by molar-refractivity contribution is 6.01. The van der Waals surface area contributed by atoms with Crippen LogP contribution in [0.3, 0.4) is 0 Å². The predicted octanol–water partition coefficient (Wildman–Crippen LogP) is 6.36. The number of alkyl halides is 1. The number of amides is 1. The number of aliphatic hydroxyl groups is 1. The summed E-state index contributed by atoms with van der Waals surface area (Å²) in [7, 11) is 0. The lowest BCUT2D eigenvalue weighted by atomic mass is 9.44. The molecule has 14 heteroatoms. The van der Waals surface area contributed by atoms with Crippen LogP contribution in [-0.2, 0) is 49.5 Å². The number of fused-ring (bicyclic) bond motifs is 8. The summed E-state index contributed by atoms with van der Waals surface area (Å²) in [6, 6.07) is 14.5. The van der Waals surface area contributed by atoms with E-state index < -0.39 is 94.0 Å². The molecule has 9 rings (SSSR count). The number of ether oxygens (including phenoxy) is 4. The molecule has 2 unspecified atom stereocenters. The number of aromatic nitrogens is 1. The molecule has 64 heavy (non-hydrogen) atoms. The number of hydrogen-bond donors (Lipinski definition) is 3. The fraction of sp³-hybridized carbons (Fsp3) is 0.520. The zero-order valence-electron chi connectivity index (χ0n) is 36.6. The fourth-order valence-corrected chi connectivity index (χ4v) is 12.6. The Morgan fingerprint density at radius 3 is 2.44 bits per heavy atom. The van der Waals surface area contributed by atoms with Crippen molar-refractivity contribution in [2.24, 2.45) is 40.2 Å². The van der Waals surface area contributed by atoms with E-state index in [1.807, 2.05) is 31.2 Å². The molecule has 338 valence electrons. The number of benzene rings is 2. The van der Waals surface area contributed by atoms with Gasteiger partial charge in [-0.15, -0.1) is 0 Å². The number of esters is 2. The minimum atomic E-state index is -2.11. The average Bonchev–Trinajstić information content (AvgIpc) is 3.93. The van der Waals surface area contributed by atoms with Crippen LogP contribution in [0.15, 0.2) is 84.7 Å². The van der Waals surface area contributed by atoms with Crippen LogP contribution in [0.25, 0.3) is 10.8 Å². The summed E-state index contributed by atoms with van der Waals surface area (Å²) in [4.78, 5) is 71.6. The normalized spacial score (nSPS) is 35.0. The molecule has 1 aromatic heterocycles. The molecule has 1 aliphatic heterocycles. The van der Waals surface area contributed by atoms with Gasteiger partial charge in [-0.25, -0.2) is 4.39 Å². The van der Waals surface area contributed by atoms with Gasteiger partial charge in [0.1, 0.15) is 6.61 Å². The third-order valence-electron chi connectivity index (χ3n) is 15.7. The molecular formula is C50H56FN3O10. The number of ketones is 2. The van der Waals surface area contributed by atoms with Crippen LogP contribution in [0, 0.1) is 34.5 Å². The van der Waals surface area contributed by atoms with Gasteiger partial charge in [0.15, 0.2) is 29.4 Å². The number of pyridine rings is 1. The number of hydrogen-bond acceptors (Lipinski definition) is 12. The number of carbonyl (C=O) groups excluding carboxylic acids is 5. The van der Waals surface area contributed by atoms with Gasteiger partial charge in [0.05, 0.1) is 30.0 Å². The molecule has 1 amide bonds. The molecule has 2 aromatic carbocycles. The molecule has 2 heterocycles. The molecule has 0 bridgehead atoms. The lowest BCUT2D eigenvalue weighted by Crippen LogP contribution is -2.70. The zero-order valence-corrected chi connectivity index (χ0v) is 36.6. The summed E-state index contributed by atoms with van der Waals surface area (Å²) in [6.45, 7) is 6.37. The van der Waals surface area contributed by atoms with Crippen molar-refractivity contribution in [2.75, 3.05) is 18.5 Å². The second-order valence-electron chi connectivity index (χ2n) is 19.6. The first kappa shape index (κ1) is 44.1. The molecule has 4 saturated carbocycles. The largest absolute Gasteiger partial charge is 0.461 e. The van der Waals surface area contributed by atoms with Crippen LogP contribution in [0.5, 0.6) is 0 Å². The zero-order chi connectivity index (χ0) is 45.4. The number of Topliss-reactive ketones (excluding diaryl/α,β-unsaturated/α-hetero) is 1. The molecule has 5 aliphatic carbocycles. The minimum Gasteiger partial charge on any atom is -0.461 e. The molecular weight excluding hydrogens is 822 g/mol. The van der Waals surface area contributed by atoms with Crippen LogP contribution in [-0.4, -0.2) is 81.9 Å². The Kier molecular flexibility index (Phi) is 11.1. The highest BCUT2D eigenvalue weighted by Gasteiger charge is 2.80. The van der Waals surface area contributed by atoms with Crippen LogP contribution in [0.2, 0.25) is 0 Å². The van der Waals surface area contributed by atoms with E-state index >= 15 is 4.39 Å². The van der Waals surface area contributed by atoms with Gasteiger partial charge in [-0.05, 0) is 112 Å².